The number of nitrogens with one attached hydrogen (secondary N) is 1. The molecular formula is C19H27N6O10P. The minimum Gasteiger partial charge on any atom is -0.462 e. The Balaban J connectivity index is 1.59. The van der Waals surface area contributed by atoms with Crippen LogP contribution in [0.15, 0.2) is 12.7 Å². The van der Waals surface area contributed by atoms with Crippen LogP contribution in [0.25, 0.3) is 11.2 Å². The van der Waals surface area contributed by atoms with Crippen molar-refractivity contribution < 1.29 is 47.3 Å². The van der Waals surface area contributed by atoms with Gasteiger partial charge in [0, 0.05) is 0 Å². The number of rotatable bonds is 5. The number of esters is 1. The van der Waals surface area contributed by atoms with Gasteiger partial charge in [0.2, 0.25) is 6.79 Å². The number of carbonyl (C=O) groups excluding carboxylic acids is 2. The summed E-state index contributed by atoms with van der Waals surface area (Å²) in [5.41, 5.74) is 4.52. The molecule has 0 saturated carbocycles. The van der Waals surface area contributed by atoms with Gasteiger partial charge in [-0.25, -0.2) is 29.4 Å². The van der Waals surface area contributed by atoms with Crippen LogP contribution in [0.3, 0.4) is 0 Å². The zero-order valence-corrected chi connectivity index (χ0v) is 20.8. The summed E-state index contributed by atoms with van der Waals surface area (Å²) >= 11 is 0. The number of hydrogen-bond acceptors (Lipinski definition) is 14. The highest BCUT2D eigenvalue weighted by Gasteiger charge is 2.57. The number of fused-ring (bicyclic) bond motifs is 2. The van der Waals surface area contributed by atoms with Gasteiger partial charge in [0.05, 0.1) is 19.0 Å². The zero-order chi connectivity index (χ0) is 26.3. The Labute approximate surface area is 204 Å². The summed E-state index contributed by atoms with van der Waals surface area (Å²) in [6, 6.07) is -1.09. The largest absolute Gasteiger partial charge is 0.510 e. The van der Waals surface area contributed by atoms with Crippen molar-refractivity contribution >= 4 is 36.9 Å². The van der Waals surface area contributed by atoms with Crippen LogP contribution in [0, 0.1) is 0 Å². The Bertz CT molecular complexity index is 1190. The van der Waals surface area contributed by atoms with Crippen LogP contribution in [-0.4, -0.2) is 80.1 Å². The van der Waals surface area contributed by atoms with Crippen LogP contribution in [0.1, 0.15) is 33.9 Å². The molecule has 2 aromatic rings. The quantitative estimate of drug-likeness (QED) is 0.357. The van der Waals surface area contributed by atoms with Crippen molar-refractivity contribution in [3.05, 3.63) is 12.7 Å². The molecule has 0 radical (unpaired) electrons. The molecule has 2 unspecified atom stereocenters. The summed E-state index contributed by atoms with van der Waals surface area (Å²) < 4.78 is 46.4. The van der Waals surface area contributed by atoms with E-state index < -0.39 is 69.5 Å². The summed E-state index contributed by atoms with van der Waals surface area (Å²) in [5, 5.41) is 13.8. The summed E-state index contributed by atoms with van der Waals surface area (Å²) in [7, 11) is -4.23. The topological polar surface area (TPSA) is 208 Å². The van der Waals surface area contributed by atoms with Crippen LogP contribution in [0.2, 0.25) is 0 Å². The molecule has 2 saturated heterocycles. The maximum absolute atomic E-state index is 13.3. The number of nitrogens with zero attached hydrogens (tertiary/aromatic N) is 4. The van der Waals surface area contributed by atoms with E-state index in [0.29, 0.717) is 0 Å². The number of hydrogen-bond donors (Lipinski definition) is 3. The molecule has 36 heavy (non-hydrogen) atoms. The first-order valence-corrected chi connectivity index (χ1v) is 12.5. The molecule has 0 spiro atoms. The smallest absolute Gasteiger partial charge is 0.462 e. The van der Waals surface area contributed by atoms with E-state index in [1.54, 1.807) is 13.8 Å². The van der Waals surface area contributed by atoms with Crippen molar-refractivity contribution in [2.24, 2.45) is 0 Å². The molecule has 0 aliphatic carbocycles. The summed E-state index contributed by atoms with van der Waals surface area (Å²) in [6.07, 6.45) is -2.72. The lowest BCUT2D eigenvalue weighted by molar-refractivity contribution is -0.149. The van der Waals surface area contributed by atoms with Gasteiger partial charge in [-0.1, -0.05) is 0 Å². The first-order valence-electron chi connectivity index (χ1n) is 10.9. The highest BCUT2D eigenvalue weighted by molar-refractivity contribution is 7.51. The summed E-state index contributed by atoms with van der Waals surface area (Å²) in [5.74, 6) is -0.580. The van der Waals surface area contributed by atoms with Gasteiger partial charge in [-0.3, -0.25) is 18.4 Å². The molecule has 4 rings (SSSR count). The minimum atomic E-state index is -4.23. The molecule has 0 aromatic carbocycles. The number of carbonyl (C=O) groups is 2. The van der Waals surface area contributed by atoms with E-state index in [-0.39, 0.29) is 17.0 Å². The minimum absolute atomic E-state index is 0.118. The number of cyclic esters (lactones) is 1. The van der Waals surface area contributed by atoms with E-state index in [0.717, 1.165) is 0 Å². The Hall–Kier alpha value is -2.88. The maximum atomic E-state index is 13.3. The SMILES string of the molecule is CC(C)OC(=O)C(C)NP1(=O)OCOC(=O)O[C@@H]2[C@@H](CO1)O[C@@H](n1cnc3c(N)ncnc31)[C@]2(C)O. The molecular weight excluding hydrogens is 503 g/mol. The Morgan fingerprint density at radius 2 is 2.08 bits per heavy atom. The van der Waals surface area contributed by atoms with Crippen LogP contribution in [-0.2, 0) is 37.4 Å². The monoisotopic (exact) mass is 530 g/mol. The van der Waals surface area contributed by atoms with Gasteiger partial charge in [-0.15, -0.1) is 0 Å². The molecule has 0 bridgehead atoms. The molecule has 4 N–H and O–H groups in total. The zero-order valence-electron chi connectivity index (χ0n) is 19.9. The molecule has 4 heterocycles. The maximum Gasteiger partial charge on any atom is 0.510 e. The number of ether oxygens (including phenoxy) is 4. The molecule has 17 heteroatoms. The van der Waals surface area contributed by atoms with Gasteiger partial charge < -0.3 is 29.8 Å². The molecule has 2 aliphatic heterocycles. The van der Waals surface area contributed by atoms with Crippen molar-refractivity contribution in [3.63, 3.8) is 0 Å². The Kier molecular flexibility index (Phi) is 7.19. The number of imidazole rings is 1. The molecule has 6 atom stereocenters. The predicted molar refractivity (Wildman–Crippen MR) is 119 cm³/mol. The van der Waals surface area contributed by atoms with E-state index in [2.05, 4.69) is 20.0 Å². The van der Waals surface area contributed by atoms with Crippen LogP contribution < -0.4 is 10.8 Å². The first kappa shape index (κ1) is 26.2. The number of nitrogen functional groups attached to an aromatic ring is 1. The van der Waals surface area contributed by atoms with Gasteiger partial charge >= 0.3 is 19.9 Å². The number of aromatic nitrogens is 4. The second-order valence-corrected chi connectivity index (χ2v) is 10.4. The standard InChI is InChI=1S/C19H27N6O10P/c1-9(2)33-16(26)10(3)24-36(29)31-5-11-13(35-18(27)30-8-32-36)19(4,28)17(34-11)25-7-23-12-14(20)21-6-22-15(12)25/h6-7,9-11,13,17,28H,5,8H2,1-4H3,(H,24,29)(H2,20,21,22)/t10?,11-,13-,17-,19-,36?/m1/s1. The third kappa shape index (κ3) is 5.14. The normalized spacial score (nSPS) is 31.9. The van der Waals surface area contributed by atoms with Gasteiger partial charge in [0.25, 0.3) is 0 Å². The van der Waals surface area contributed by atoms with Crippen molar-refractivity contribution in [1.29, 1.82) is 0 Å². The molecule has 198 valence electrons. The van der Waals surface area contributed by atoms with Gasteiger partial charge in [0.1, 0.15) is 29.6 Å². The predicted octanol–water partition coefficient (Wildman–Crippen LogP) is 0.621. The van der Waals surface area contributed by atoms with Gasteiger partial charge in [-0.05, 0) is 27.7 Å². The Morgan fingerprint density at radius 1 is 1.33 bits per heavy atom. The number of nitrogens with two attached hydrogens (primary N) is 1. The number of aliphatic hydroxyl groups is 1. The lowest BCUT2D eigenvalue weighted by Crippen LogP contribution is -2.47. The van der Waals surface area contributed by atoms with Gasteiger partial charge in [-0.2, -0.15) is 0 Å². The van der Waals surface area contributed by atoms with Crippen molar-refractivity contribution in [2.75, 3.05) is 19.1 Å². The number of anilines is 1. The molecule has 2 aliphatic rings. The summed E-state index contributed by atoms with van der Waals surface area (Å²) in [4.78, 5) is 36.6. The lowest BCUT2D eigenvalue weighted by Gasteiger charge is -2.30. The van der Waals surface area contributed by atoms with Crippen LogP contribution >= 0.6 is 7.75 Å². The molecule has 0 amide bonds. The highest BCUT2D eigenvalue weighted by Crippen LogP contribution is 2.48. The van der Waals surface area contributed by atoms with E-state index in [9.17, 15) is 19.3 Å². The molecule has 2 aromatic heterocycles. The lowest BCUT2D eigenvalue weighted by atomic mass is 9.96. The fraction of sp³-hybridized carbons (Fsp3) is 0.632. The average molecular weight is 530 g/mol. The molecule has 2 fully saturated rings. The fourth-order valence-corrected chi connectivity index (χ4v) is 5.13. The van der Waals surface area contributed by atoms with E-state index >= 15 is 0 Å². The van der Waals surface area contributed by atoms with Crippen LogP contribution in [0.4, 0.5) is 10.6 Å². The van der Waals surface area contributed by atoms with Crippen molar-refractivity contribution in [3.8, 4) is 0 Å². The van der Waals surface area contributed by atoms with E-state index in [1.807, 2.05) is 0 Å². The fourth-order valence-electron chi connectivity index (χ4n) is 3.79. The Morgan fingerprint density at radius 3 is 2.81 bits per heavy atom. The van der Waals surface area contributed by atoms with Crippen molar-refractivity contribution in [1.82, 2.24) is 24.6 Å². The van der Waals surface area contributed by atoms with Gasteiger partial charge in [0.15, 0.2) is 23.8 Å². The van der Waals surface area contributed by atoms with Crippen molar-refractivity contribution in [2.45, 2.75) is 63.9 Å². The average Bonchev–Trinajstić information content (AvgIpc) is 3.31. The van der Waals surface area contributed by atoms with E-state index in [4.69, 9.17) is 33.7 Å². The third-order valence-corrected chi connectivity index (χ3v) is 7.08. The van der Waals surface area contributed by atoms with Crippen LogP contribution in [0.5, 0.6) is 0 Å². The second kappa shape index (κ2) is 9.88. The third-order valence-electron chi connectivity index (χ3n) is 5.45. The summed E-state index contributed by atoms with van der Waals surface area (Å²) in [6.45, 7) is 4.80. The highest BCUT2D eigenvalue weighted by atomic mass is 31.2. The molecule has 16 nitrogen and oxygen atoms in total. The second-order valence-electron chi connectivity index (χ2n) is 8.65. The first-order chi connectivity index (χ1) is 16.9. The van der Waals surface area contributed by atoms with E-state index in [1.165, 1.54) is 31.1 Å².